The van der Waals surface area contributed by atoms with Crippen molar-refractivity contribution in [3.63, 3.8) is 0 Å². The van der Waals surface area contributed by atoms with Gasteiger partial charge >= 0.3 is 5.97 Å². The van der Waals surface area contributed by atoms with Crippen LogP contribution in [-0.2, 0) is 14.3 Å². The van der Waals surface area contributed by atoms with Crippen molar-refractivity contribution >= 4 is 11.8 Å². The lowest BCUT2D eigenvalue weighted by molar-refractivity contribution is -0.136. The lowest BCUT2D eigenvalue weighted by Gasteiger charge is -2.32. The number of esters is 1. The normalized spacial score (nSPS) is 25.5. The van der Waals surface area contributed by atoms with Crippen LogP contribution in [0.5, 0.6) is 0 Å². The van der Waals surface area contributed by atoms with Crippen LogP contribution in [0.3, 0.4) is 0 Å². The molecule has 0 amide bonds. The van der Waals surface area contributed by atoms with E-state index in [1.165, 1.54) is 5.57 Å². The number of carbonyl (C=O) groups is 2. The molecule has 4 nitrogen and oxygen atoms in total. The maximum absolute atomic E-state index is 12.2. The standard InChI is InChI=1S/C19H26O4/c1-5-7-14(3)10-12-19(4)13-11-16(21)18(19)15(20)8-9-17(22)23-6-2/h5,7,15,18,20H,1,6,10-13H2,2-4H3/b14-7+. The summed E-state index contributed by atoms with van der Waals surface area (Å²) in [5.74, 6) is 3.54. The lowest BCUT2D eigenvalue weighted by Crippen LogP contribution is -2.35. The van der Waals surface area contributed by atoms with E-state index in [-0.39, 0.29) is 17.8 Å². The van der Waals surface area contributed by atoms with Crippen molar-refractivity contribution in [2.24, 2.45) is 11.3 Å². The zero-order chi connectivity index (χ0) is 17.5. The zero-order valence-corrected chi connectivity index (χ0v) is 14.2. The van der Waals surface area contributed by atoms with Crippen LogP contribution in [-0.4, -0.2) is 29.6 Å². The molecule has 1 saturated carbocycles. The topological polar surface area (TPSA) is 63.6 Å². The summed E-state index contributed by atoms with van der Waals surface area (Å²) in [7, 11) is 0. The first kappa shape index (κ1) is 19.2. The molecule has 23 heavy (non-hydrogen) atoms. The van der Waals surface area contributed by atoms with E-state index < -0.39 is 18.0 Å². The van der Waals surface area contributed by atoms with Crippen molar-refractivity contribution < 1.29 is 19.4 Å². The third kappa shape index (κ3) is 5.37. The Labute approximate surface area is 138 Å². The fourth-order valence-corrected chi connectivity index (χ4v) is 3.10. The number of Topliss-reactive ketones (excluding diaryl/α,β-unsaturated/α-hetero) is 1. The van der Waals surface area contributed by atoms with Gasteiger partial charge in [-0.05, 0) is 38.5 Å². The minimum atomic E-state index is -1.14. The molecule has 126 valence electrons. The quantitative estimate of drug-likeness (QED) is 0.354. The summed E-state index contributed by atoms with van der Waals surface area (Å²) in [6, 6.07) is 0. The highest BCUT2D eigenvalue weighted by Gasteiger charge is 2.47. The first-order valence-electron chi connectivity index (χ1n) is 8.01. The third-order valence-corrected chi connectivity index (χ3v) is 4.45. The first-order chi connectivity index (χ1) is 10.8. The van der Waals surface area contributed by atoms with Crippen molar-refractivity contribution in [1.29, 1.82) is 0 Å². The molecule has 0 radical (unpaired) electrons. The Morgan fingerprint density at radius 2 is 2.30 bits per heavy atom. The van der Waals surface area contributed by atoms with Crippen LogP contribution in [0.4, 0.5) is 0 Å². The average Bonchev–Trinajstić information content (AvgIpc) is 2.79. The summed E-state index contributed by atoms with van der Waals surface area (Å²) in [5, 5.41) is 10.3. The van der Waals surface area contributed by atoms with Gasteiger partial charge in [-0.3, -0.25) is 4.79 Å². The minimum Gasteiger partial charge on any atom is -0.456 e. The lowest BCUT2D eigenvalue weighted by atomic mass is 9.73. The molecule has 3 atom stereocenters. The molecular weight excluding hydrogens is 292 g/mol. The van der Waals surface area contributed by atoms with Gasteiger partial charge in [0.25, 0.3) is 0 Å². The molecule has 1 rings (SSSR count). The van der Waals surface area contributed by atoms with E-state index in [2.05, 4.69) is 18.4 Å². The smallest absolute Gasteiger partial charge is 0.384 e. The highest BCUT2D eigenvalue weighted by atomic mass is 16.5. The van der Waals surface area contributed by atoms with Crippen LogP contribution in [0, 0.1) is 23.2 Å². The van der Waals surface area contributed by atoms with Gasteiger partial charge in [-0.15, -0.1) is 0 Å². The van der Waals surface area contributed by atoms with Gasteiger partial charge in [0.1, 0.15) is 11.9 Å². The number of rotatable bonds is 6. The maximum atomic E-state index is 12.2. The number of carbonyl (C=O) groups excluding carboxylic acids is 2. The molecule has 4 heteroatoms. The van der Waals surface area contributed by atoms with Crippen molar-refractivity contribution in [2.45, 2.75) is 52.6 Å². The second kappa shape index (κ2) is 8.69. The monoisotopic (exact) mass is 318 g/mol. The molecule has 0 aromatic rings. The largest absolute Gasteiger partial charge is 0.456 e. The number of aliphatic hydroxyl groups is 1. The van der Waals surface area contributed by atoms with E-state index in [4.69, 9.17) is 4.74 Å². The van der Waals surface area contributed by atoms with Crippen LogP contribution in [0.1, 0.15) is 46.5 Å². The summed E-state index contributed by atoms with van der Waals surface area (Å²) < 4.78 is 4.71. The predicted octanol–water partition coefficient (Wildman–Crippen LogP) is 2.81. The van der Waals surface area contributed by atoms with Crippen LogP contribution < -0.4 is 0 Å². The van der Waals surface area contributed by atoms with Gasteiger partial charge in [0, 0.05) is 12.3 Å². The third-order valence-electron chi connectivity index (χ3n) is 4.45. The van der Waals surface area contributed by atoms with Gasteiger partial charge in [0.05, 0.1) is 12.5 Å². The molecule has 1 aliphatic rings. The number of aliphatic hydroxyl groups excluding tert-OH is 1. The predicted molar refractivity (Wildman–Crippen MR) is 89.4 cm³/mol. The molecule has 0 bridgehead atoms. The molecular formula is C19H26O4. The van der Waals surface area contributed by atoms with Crippen LogP contribution in [0.15, 0.2) is 24.3 Å². The Balaban J connectivity index is 2.83. The molecule has 0 aliphatic heterocycles. The second-order valence-corrected chi connectivity index (χ2v) is 6.28. The van der Waals surface area contributed by atoms with E-state index in [0.29, 0.717) is 6.42 Å². The molecule has 0 heterocycles. The number of ether oxygens (including phenoxy) is 1. The summed E-state index contributed by atoms with van der Waals surface area (Å²) in [6.45, 7) is 9.63. The fourth-order valence-electron chi connectivity index (χ4n) is 3.10. The van der Waals surface area contributed by atoms with Crippen molar-refractivity contribution in [1.82, 2.24) is 0 Å². The second-order valence-electron chi connectivity index (χ2n) is 6.28. The van der Waals surface area contributed by atoms with Crippen molar-refractivity contribution in [2.75, 3.05) is 6.61 Å². The van der Waals surface area contributed by atoms with Gasteiger partial charge in [0.2, 0.25) is 0 Å². The first-order valence-corrected chi connectivity index (χ1v) is 8.01. The molecule has 0 spiro atoms. The summed E-state index contributed by atoms with van der Waals surface area (Å²) in [6.07, 6.45) is 5.37. The van der Waals surface area contributed by atoms with Crippen molar-refractivity contribution in [3.8, 4) is 11.8 Å². The minimum absolute atomic E-state index is 0.0171. The highest BCUT2D eigenvalue weighted by molar-refractivity contribution is 5.89. The van der Waals surface area contributed by atoms with Gasteiger partial charge in [0.15, 0.2) is 0 Å². The number of allylic oxidation sites excluding steroid dienone is 3. The van der Waals surface area contributed by atoms with Crippen LogP contribution >= 0.6 is 0 Å². The van der Waals surface area contributed by atoms with E-state index in [0.717, 1.165) is 19.3 Å². The SMILES string of the molecule is C=C/C=C(\C)CCC1(C)CCC(=O)C1C(O)C#CC(=O)OCC. The molecule has 0 aromatic heterocycles. The van der Waals surface area contributed by atoms with Gasteiger partial charge in [-0.2, -0.15) is 0 Å². The van der Waals surface area contributed by atoms with Gasteiger partial charge in [-0.25, -0.2) is 4.79 Å². The zero-order valence-electron chi connectivity index (χ0n) is 14.2. The van der Waals surface area contributed by atoms with Gasteiger partial charge in [-0.1, -0.05) is 37.1 Å². The Hall–Kier alpha value is -1.86. The number of hydrogen-bond donors (Lipinski definition) is 1. The highest BCUT2D eigenvalue weighted by Crippen LogP contribution is 2.46. The fraction of sp³-hybridized carbons (Fsp3) is 0.579. The molecule has 0 saturated heterocycles. The average molecular weight is 318 g/mol. The maximum Gasteiger partial charge on any atom is 0.384 e. The molecule has 3 unspecified atom stereocenters. The van der Waals surface area contributed by atoms with Gasteiger partial charge < -0.3 is 9.84 Å². The number of ketones is 1. The Bertz CT molecular complexity index is 549. The molecule has 1 fully saturated rings. The number of hydrogen-bond acceptors (Lipinski definition) is 4. The van der Waals surface area contributed by atoms with E-state index in [1.54, 1.807) is 13.0 Å². The van der Waals surface area contributed by atoms with E-state index in [9.17, 15) is 14.7 Å². The molecule has 1 N–H and O–H groups in total. The van der Waals surface area contributed by atoms with Crippen LogP contribution in [0.25, 0.3) is 0 Å². The Morgan fingerprint density at radius 3 is 2.91 bits per heavy atom. The summed E-state index contributed by atoms with van der Waals surface area (Å²) in [5.41, 5.74) is 0.877. The Kier molecular flexibility index (Phi) is 7.25. The molecule has 1 aliphatic carbocycles. The summed E-state index contributed by atoms with van der Waals surface area (Å²) in [4.78, 5) is 23.5. The van der Waals surface area contributed by atoms with Crippen LogP contribution in [0.2, 0.25) is 0 Å². The van der Waals surface area contributed by atoms with Crippen molar-refractivity contribution in [3.05, 3.63) is 24.3 Å². The Morgan fingerprint density at radius 1 is 1.61 bits per heavy atom. The van der Waals surface area contributed by atoms with E-state index >= 15 is 0 Å². The summed E-state index contributed by atoms with van der Waals surface area (Å²) >= 11 is 0. The molecule has 0 aromatic carbocycles. The van der Waals surface area contributed by atoms with E-state index in [1.807, 2.05) is 19.9 Å².